The van der Waals surface area contributed by atoms with Crippen molar-refractivity contribution in [2.45, 2.75) is 6.04 Å². The van der Waals surface area contributed by atoms with Crippen molar-refractivity contribution in [1.29, 1.82) is 0 Å². The number of nitrogens with one attached hydrogen (secondary N) is 1. The van der Waals surface area contributed by atoms with Gasteiger partial charge in [0.15, 0.2) is 0 Å². The van der Waals surface area contributed by atoms with E-state index < -0.39 is 18.0 Å². The zero-order chi connectivity index (χ0) is 18.5. The van der Waals surface area contributed by atoms with Crippen molar-refractivity contribution in [3.63, 3.8) is 0 Å². The van der Waals surface area contributed by atoms with Gasteiger partial charge >= 0.3 is 6.03 Å². The van der Waals surface area contributed by atoms with Crippen molar-refractivity contribution in [2.75, 3.05) is 31.1 Å². The number of halogens is 1. The first-order valence-corrected chi connectivity index (χ1v) is 8.83. The Morgan fingerprint density at radius 2 is 1.58 bits per heavy atom. The van der Waals surface area contributed by atoms with Crippen LogP contribution < -0.4 is 16.0 Å². The lowest BCUT2D eigenvalue weighted by atomic mass is 10.0. The van der Waals surface area contributed by atoms with Crippen molar-refractivity contribution in [2.24, 2.45) is 5.73 Å². The molecule has 136 valence electrons. The minimum Gasteiger partial charge on any atom is -0.368 e. The molecule has 0 saturated carbocycles. The maximum atomic E-state index is 12.6. The zero-order valence-corrected chi connectivity index (χ0v) is 15.0. The van der Waals surface area contributed by atoms with Gasteiger partial charge in [0, 0.05) is 26.2 Å². The van der Waals surface area contributed by atoms with E-state index in [0.717, 1.165) is 24.3 Å². The summed E-state index contributed by atoms with van der Waals surface area (Å²) < 4.78 is 0. The van der Waals surface area contributed by atoms with E-state index in [-0.39, 0.29) is 0 Å². The molecule has 1 unspecified atom stereocenters. The summed E-state index contributed by atoms with van der Waals surface area (Å²) in [5.41, 5.74) is 6.96. The summed E-state index contributed by atoms with van der Waals surface area (Å²) in [5, 5.41) is 2.93. The predicted octanol–water partition coefficient (Wildman–Crippen LogP) is 2.40. The highest BCUT2D eigenvalue weighted by molar-refractivity contribution is 6.33. The molecule has 0 radical (unpaired) electrons. The van der Waals surface area contributed by atoms with E-state index in [1.165, 1.54) is 0 Å². The van der Waals surface area contributed by atoms with Crippen LogP contribution in [0.2, 0.25) is 5.02 Å². The van der Waals surface area contributed by atoms with E-state index >= 15 is 0 Å². The number of carbonyl (C=O) groups is 2. The van der Waals surface area contributed by atoms with E-state index in [0.29, 0.717) is 18.1 Å². The molecule has 1 heterocycles. The number of imide groups is 1. The molecule has 0 aromatic heterocycles. The monoisotopic (exact) mass is 372 g/mol. The maximum absolute atomic E-state index is 12.6. The number of carbonyl (C=O) groups excluding carboxylic acids is 2. The van der Waals surface area contributed by atoms with Gasteiger partial charge in [0.05, 0.1) is 10.7 Å². The van der Waals surface area contributed by atoms with E-state index in [1.54, 1.807) is 0 Å². The lowest BCUT2D eigenvalue weighted by Crippen LogP contribution is -2.52. The highest BCUT2D eigenvalue weighted by atomic mass is 35.5. The van der Waals surface area contributed by atoms with Crippen LogP contribution in [0.25, 0.3) is 0 Å². The number of hydrogen-bond donors (Lipinski definition) is 2. The Balaban J connectivity index is 1.76. The van der Waals surface area contributed by atoms with Crippen LogP contribution in [-0.4, -0.2) is 43.0 Å². The Morgan fingerprint density at radius 1 is 0.962 bits per heavy atom. The van der Waals surface area contributed by atoms with Gasteiger partial charge in [0.25, 0.3) is 0 Å². The number of primary amides is 1. The molecule has 1 fully saturated rings. The van der Waals surface area contributed by atoms with Crippen LogP contribution in [0.4, 0.5) is 10.5 Å². The van der Waals surface area contributed by atoms with Crippen LogP contribution in [0.5, 0.6) is 0 Å². The van der Waals surface area contributed by atoms with Crippen LogP contribution in [0.15, 0.2) is 54.6 Å². The summed E-state index contributed by atoms with van der Waals surface area (Å²) in [6.45, 7) is 2.79. The third-order valence-electron chi connectivity index (χ3n) is 4.48. The number of nitrogens with zero attached hydrogens (tertiary/aromatic N) is 2. The quantitative estimate of drug-likeness (QED) is 0.863. The summed E-state index contributed by atoms with van der Waals surface area (Å²) >= 11 is 6.29. The van der Waals surface area contributed by atoms with Crippen LogP contribution in [0.1, 0.15) is 11.6 Å². The van der Waals surface area contributed by atoms with E-state index in [2.05, 4.69) is 15.1 Å². The number of anilines is 1. The maximum Gasteiger partial charge on any atom is 0.318 e. The Kier molecular flexibility index (Phi) is 5.75. The molecule has 1 saturated heterocycles. The summed E-state index contributed by atoms with van der Waals surface area (Å²) in [7, 11) is 0. The molecular formula is C19H21ClN4O2. The van der Waals surface area contributed by atoms with Crippen LogP contribution in [0.3, 0.4) is 0 Å². The number of urea groups is 1. The topological polar surface area (TPSA) is 78.7 Å². The summed E-state index contributed by atoms with van der Waals surface area (Å²) in [6, 6.07) is 15.7. The van der Waals surface area contributed by atoms with Crippen LogP contribution in [-0.2, 0) is 4.79 Å². The van der Waals surface area contributed by atoms with Crippen molar-refractivity contribution in [1.82, 2.24) is 10.2 Å². The zero-order valence-electron chi connectivity index (χ0n) is 14.3. The largest absolute Gasteiger partial charge is 0.368 e. The van der Waals surface area contributed by atoms with Gasteiger partial charge in [0.2, 0.25) is 5.91 Å². The second-order valence-electron chi connectivity index (χ2n) is 6.14. The fourth-order valence-electron chi connectivity index (χ4n) is 3.28. The standard InChI is InChI=1S/C19H21ClN4O2/c20-15-8-4-5-9-16(15)23-10-12-24(13-11-23)17(18(25)22-19(21)26)14-6-2-1-3-7-14/h1-9,17H,10-13H2,(H3,21,22,25,26). The molecule has 0 aliphatic carbocycles. The molecule has 0 bridgehead atoms. The van der Waals surface area contributed by atoms with Gasteiger partial charge in [-0.25, -0.2) is 4.79 Å². The second kappa shape index (κ2) is 8.21. The van der Waals surface area contributed by atoms with Gasteiger partial charge in [-0.05, 0) is 17.7 Å². The molecule has 1 aliphatic heterocycles. The first kappa shape index (κ1) is 18.2. The van der Waals surface area contributed by atoms with E-state index in [1.807, 2.05) is 54.6 Å². The van der Waals surface area contributed by atoms with E-state index in [4.69, 9.17) is 17.3 Å². The van der Waals surface area contributed by atoms with Gasteiger partial charge in [-0.3, -0.25) is 15.0 Å². The fourth-order valence-corrected chi connectivity index (χ4v) is 3.54. The number of hydrogen-bond acceptors (Lipinski definition) is 4. The molecule has 0 spiro atoms. The lowest BCUT2D eigenvalue weighted by molar-refractivity contribution is -0.125. The normalized spacial score (nSPS) is 16.1. The van der Waals surface area contributed by atoms with Gasteiger partial charge in [-0.1, -0.05) is 54.1 Å². The Labute approximate surface area is 157 Å². The second-order valence-corrected chi connectivity index (χ2v) is 6.55. The molecule has 2 aromatic carbocycles. The van der Waals surface area contributed by atoms with Crippen molar-refractivity contribution < 1.29 is 9.59 Å². The fraction of sp³-hybridized carbons (Fsp3) is 0.263. The average molecular weight is 373 g/mol. The number of piperazine rings is 1. The van der Waals surface area contributed by atoms with Gasteiger partial charge < -0.3 is 10.6 Å². The van der Waals surface area contributed by atoms with Crippen LogP contribution in [0, 0.1) is 0 Å². The van der Waals surface area contributed by atoms with Crippen LogP contribution >= 0.6 is 11.6 Å². The Morgan fingerprint density at radius 3 is 2.19 bits per heavy atom. The third-order valence-corrected chi connectivity index (χ3v) is 4.80. The average Bonchev–Trinajstić information content (AvgIpc) is 2.63. The molecule has 6 nitrogen and oxygen atoms in total. The summed E-state index contributed by atoms with van der Waals surface area (Å²) in [5.74, 6) is -0.408. The van der Waals surface area contributed by atoms with Crippen molar-refractivity contribution in [3.8, 4) is 0 Å². The molecule has 1 aliphatic rings. The predicted molar refractivity (Wildman–Crippen MR) is 102 cm³/mol. The summed E-state index contributed by atoms with van der Waals surface area (Å²) in [6.07, 6.45) is 0. The first-order chi connectivity index (χ1) is 12.6. The van der Waals surface area contributed by atoms with Gasteiger partial charge in [-0.15, -0.1) is 0 Å². The van der Waals surface area contributed by atoms with Crippen molar-refractivity contribution >= 4 is 29.2 Å². The molecule has 26 heavy (non-hydrogen) atoms. The Hall–Kier alpha value is -2.57. The van der Waals surface area contributed by atoms with Gasteiger partial charge in [0.1, 0.15) is 6.04 Å². The highest BCUT2D eigenvalue weighted by Crippen LogP contribution is 2.28. The molecule has 3 rings (SSSR count). The summed E-state index contributed by atoms with van der Waals surface area (Å²) in [4.78, 5) is 28.0. The lowest BCUT2D eigenvalue weighted by Gasteiger charge is -2.39. The number of benzene rings is 2. The molecule has 2 aromatic rings. The molecular weight excluding hydrogens is 352 g/mol. The highest BCUT2D eigenvalue weighted by Gasteiger charge is 2.31. The SMILES string of the molecule is NC(=O)NC(=O)C(c1ccccc1)N1CCN(c2ccccc2Cl)CC1. The molecule has 3 N–H and O–H groups in total. The van der Waals surface area contributed by atoms with Gasteiger partial charge in [-0.2, -0.15) is 0 Å². The minimum atomic E-state index is -0.842. The molecule has 7 heteroatoms. The van der Waals surface area contributed by atoms with Crippen molar-refractivity contribution in [3.05, 3.63) is 65.2 Å². The molecule has 3 amide bonds. The smallest absolute Gasteiger partial charge is 0.318 e. The number of para-hydroxylation sites is 1. The Bertz CT molecular complexity index is 776. The first-order valence-electron chi connectivity index (χ1n) is 8.45. The third kappa shape index (κ3) is 4.15. The minimum absolute atomic E-state index is 0.408. The number of amides is 3. The number of nitrogens with two attached hydrogens (primary N) is 1. The van der Waals surface area contributed by atoms with E-state index in [9.17, 15) is 9.59 Å². The number of rotatable bonds is 4. The molecule has 1 atom stereocenters.